The number of aliphatic hydroxyl groups is 1. The number of likely N-dealkylation sites (tertiary alicyclic amines) is 1. The average Bonchev–Trinajstić information content (AvgIpc) is 3.50. The maximum Gasteiger partial charge on any atom is 0.295 e. The highest BCUT2D eigenvalue weighted by atomic mass is 16.6. The molecule has 1 fully saturated rings. The first-order valence-electron chi connectivity index (χ1n) is 12.2. The number of benzene rings is 2. The molecule has 3 heterocycles. The summed E-state index contributed by atoms with van der Waals surface area (Å²) in [5, 5.41) is 11.3. The lowest BCUT2D eigenvalue weighted by atomic mass is 9.93. The number of fused-ring (bicyclic) bond motifs is 1. The van der Waals surface area contributed by atoms with Gasteiger partial charge in [0, 0.05) is 31.0 Å². The van der Waals surface area contributed by atoms with E-state index < -0.39 is 17.7 Å². The van der Waals surface area contributed by atoms with E-state index in [-0.39, 0.29) is 11.3 Å². The van der Waals surface area contributed by atoms with E-state index in [2.05, 4.69) is 18.8 Å². The summed E-state index contributed by atoms with van der Waals surface area (Å²) in [4.78, 5) is 32.1. The van der Waals surface area contributed by atoms with Crippen LogP contribution in [0.25, 0.3) is 5.76 Å². The second kappa shape index (κ2) is 9.89. The monoisotopic (exact) mass is 487 g/mol. The number of amides is 1. The van der Waals surface area contributed by atoms with Crippen molar-refractivity contribution in [1.29, 1.82) is 0 Å². The number of carbonyl (C=O) groups is 2. The van der Waals surface area contributed by atoms with Gasteiger partial charge >= 0.3 is 0 Å². The molecule has 3 aromatic rings. The zero-order valence-corrected chi connectivity index (χ0v) is 20.4. The lowest BCUT2D eigenvalue weighted by Gasteiger charge is -2.26. The average molecular weight is 488 g/mol. The molecule has 1 aromatic heterocycles. The number of hydrogen-bond acceptors (Lipinski definition) is 6. The maximum atomic E-state index is 13.3. The van der Waals surface area contributed by atoms with E-state index >= 15 is 0 Å². The molecule has 1 saturated heterocycles. The number of nitrogens with zero attached hydrogens (tertiary/aromatic N) is 3. The van der Waals surface area contributed by atoms with Crippen LogP contribution >= 0.6 is 0 Å². The molecule has 186 valence electrons. The van der Waals surface area contributed by atoms with Gasteiger partial charge in [0.2, 0.25) is 0 Å². The van der Waals surface area contributed by atoms with Crippen molar-refractivity contribution in [3.63, 3.8) is 0 Å². The van der Waals surface area contributed by atoms with Crippen molar-refractivity contribution in [2.24, 2.45) is 0 Å². The minimum atomic E-state index is -0.692. The van der Waals surface area contributed by atoms with Gasteiger partial charge in [0.05, 0.1) is 17.9 Å². The van der Waals surface area contributed by atoms with Crippen LogP contribution in [0.4, 0.5) is 0 Å². The van der Waals surface area contributed by atoms with Crippen LogP contribution in [0.5, 0.6) is 11.5 Å². The van der Waals surface area contributed by atoms with Crippen molar-refractivity contribution >= 4 is 17.4 Å². The van der Waals surface area contributed by atoms with E-state index in [1.54, 1.807) is 35.6 Å². The molecule has 5 rings (SSSR count). The molecular formula is C28H29N3O5. The van der Waals surface area contributed by atoms with Gasteiger partial charge in [0.1, 0.15) is 19.0 Å². The van der Waals surface area contributed by atoms with Gasteiger partial charge in [-0.25, -0.2) is 4.98 Å². The Labute approximate surface area is 209 Å². The summed E-state index contributed by atoms with van der Waals surface area (Å²) in [5.74, 6) is -0.101. The van der Waals surface area contributed by atoms with Crippen molar-refractivity contribution in [2.45, 2.75) is 38.8 Å². The molecule has 1 amide bonds. The van der Waals surface area contributed by atoms with Crippen molar-refractivity contribution < 1.29 is 24.2 Å². The van der Waals surface area contributed by atoms with E-state index in [0.717, 1.165) is 11.1 Å². The van der Waals surface area contributed by atoms with Gasteiger partial charge in [-0.2, -0.15) is 0 Å². The number of imidazole rings is 1. The summed E-state index contributed by atoms with van der Waals surface area (Å²) in [7, 11) is 0. The van der Waals surface area contributed by atoms with Crippen molar-refractivity contribution in [2.75, 3.05) is 19.8 Å². The zero-order valence-electron chi connectivity index (χ0n) is 20.4. The molecule has 8 nitrogen and oxygen atoms in total. The predicted octanol–water partition coefficient (Wildman–Crippen LogP) is 4.29. The van der Waals surface area contributed by atoms with E-state index in [9.17, 15) is 14.7 Å². The van der Waals surface area contributed by atoms with Crippen molar-refractivity contribution in [1.82, 2.24) is 14.5 Å². The lowest BCUT2D eigenvalue weighted by Crippen LogP contribution is -2.31. The fourth-order valence-corrected chi connectivity index (χ4v) is 4.71. The minimum Gasteiger partial charge on any atom is -0.507 e. The summed E-state index contributed by atoms with van der Waals surface area (Å²) in [5.41, 5.74) is 2.42. The first-order valence-corrected chi connectivity index (χ1v) is 12.2. The third kappa shape index (κ3) is 4.46. The summed E-state index contributed by atoms with van der Waals surface area (Å²) in [6.07, 6.45) is 5.92. The Hall–Kier alpha value is -4.07. The van der Waals surface area contributed by atoms with E-state index in [4.69, 9.17) is 9.47 Å². The normalized spacial score (nSPS) is 18.8. The number of aryl methyl sites for hydroxylation is 1. The van der Waals surface area contributed by atoms with E-state index in [1.165, 1.54) is 0 Å². The van der Waals surface area contributed by atoms with Crippen LogP contribution in [-0.4, -0.2) is 51.0 Å². The molecule has 2 aliphatic rings. The van der Waals surface area contributed by atoms with Crippen LogP contribution < -0.4 is 9.47 Å². The van der Waals surface area contributed by atoms with Gasteiger partial charge in [-0.3, -0.25) is 9.59 Å². The molecule has 36 heavy (non-hydrogen) atoms. The number of ether oxygens (including phenoxy) is 2. The van der Waals surface area contributed by atoms with Crippen LogP contribution in [0, 0.1) is 0 Å². The largest absolute Gasteiger partial charge is 0.507 e. The first kappa shape index (κ1) is 23.7. The van der Waals surface area contributed by atoms with Crippen molar-refractivity contribution in [3.8, 4) is 11.5 Å². The molecule has 0 radical (unpaired) electrons. The number of rotatable bonds is 7. The summed E-state index contributed by atoms with van der Waals surface area (Å²) >= 11 is 0. The summed E-state index contributed by atoms with van der Waals surface area (Å²) < 4.78 is 13.2. The molecule has 1 N–H and O–H groups in total. The summed E-state index contributed by atoms with van der Waals surface area (Å²) in [6, 6.07) is 12.2. The SMILES string of the molecule is CC(C)c1ccc(C2/C(=C(/O)c3ccc4c(c3)OCCO4)C(=O)C(=O)N2CCCn2ccnc2)cc1. The lowest BCUT2D eigenvalue weighted by molar-refractivity contribution is -0.139. The smallest absolute Gasteiger partial charge is 0.295 e. The van der Waals surface area contributed by atoms with Crippen LogP contribution in [0.1, 0.15) is 48.9 Å². The Kier molecular flexibility index (Phi) is 6.50. The standard InChI is InChI=1S/C28H29N3O5/c1-18(2)19-4-6-20(7-5-19)25-24(26(32)21-8-9-22-23(16-21)36-15-14-35-22)27(33)28(34)31(25)12-3-11-30-13-10-29-17-30/h4-10,13,16-18,25,32H,3,11-12,14-15H2,1-2H3/b26-24-. The fourth-order valence-electron chi connectivity index (χ4n) is 4.71. The second-order valence-electron chi connectivity index (χ2n) is 9.33. The van der Waals surface area contributed by atoms with E-state index in [0.29, 0.717) is 55.7 Å². The molecule has 0 saturated carbocycles. The molecule has 1 atom stereocenters. The molecule has 2 aromatic carbocycles. The Morgan fingerprint density at radius 2 is 1.81 bits per heavy atom. The fraction of sp³-hybridized carbons (Fsp3) is 0.321. The maximum absolute atomic E-state index is 13.3. The topological polar surface area (TPSA) is 93.9 Å². The highest BCUT2D eigenvalue weighted by Gasteiger charge is 2.45. The third-order valence-electron chi connectivity index (χ3n) is 6.65. The molecule has 0 bridgehead atoms. The number of Topliss-reactive ketones (excluding diaryl/α,β-unsaturated/α-hetero) is 1. The quantitative estimate of drug-likeness (QED) is 0.304. The second-order valence-corrected chi connectivity index (χ2v) is 9.33. The highest BCUT2D eigenvalue weighted by Crippen LogP contribution is 2.41. The minimum absolute atomic E-state index is 0.0802. The third-order valence-corrected chi connectivity index (χ3v) is 6.65. The molecular weight excluding hydrogens is 458 g/mol. The Morgan fingerprint density at radius 1 is 1.06 bits per heavy atom. The zero-order chi connectivity index (χ0) is 25.2. The number of carbonyl (C=O) groups excluding carboxylic acids is 2. The molecule has 2 aliphatic heterocycles. The Bertz CT molecular complexity index is 1300. The van der Waals surface area contributed by atoms with Gasteiger partial charge in [0.15, 0.2) is 11.5 Å². The van der Waals surface area contributed by atoms with Crippen LogP contribution in [0.3, 0.4) is 0 Å². The number of ketones is 1. The number of aliphatic hydroxyl groups excluding tert-OH is 1. The van der Waals surface area contributed by atoms with Gasteiger partial charge in [-0.15, -0.1) is 0 Å². The predicted molar refractivity (Wildman–Crippen MR) is 134 cm³/mol. The number of aromatic nitrogens is 2. The molecule has 8 heteroatoms. The van der Waals surface area contributed by atoms with Crippen LogP contribution in [0.2, 0.25) is 0 Å². The van der Waals surface area contributed by atoms with Crippen molar-refractivity contribution in [3.05, 3.63) is 83.4 Å². The highest BCUT2D eigenvalue weighted by molar-refractivity contribution is 6.46. The molecule has 0 aliphatic carbocycles. The van der Waals surface area contributed by atoms with E-state index in [1.807, 2.05) is 35.0 Å². The van der Waals surface area contributed by atoms with Gasteiger partial charge in [-0.05, 0) is 41.7 Å². The van der Waals surface area contributed by atoms with Crippen LogP contribution in [-0.2, 0) is 16.1 Å². The Balaban J connectivity index is 1.53. The molecule has 0 spiro atoms. The first-order chi connectivity index (χ1) is 17.4. The molecule has 1 unspecified atom stereocenters. The number of hydrogen-bond donors (Lipinski definition) is 1. The van der Waals surface area contributed by atoms with Crippen LogP contribution in [0.15, 0.2) is 66.8 Å². The summed E-state index contributed by atoms with van der Waals surface area (Å²) in [6.45, 7) is 6.09. The van der Waals surface area contributed by atoms with Gasteiger partial charge in [-0.1, -0.05) is 38.1 Å². The van der Waals surface area contributed by atoms with Gasteiger partial charge < -0.3 is 24.0 Å². The van der Waals surface area contributed by atoms with Gasteiger partial charge in [0.25, 0.3) is 11.7 Å². The Morgan fingerprint density at radius 3 is 2.50 bits per heavy atom.